The van der Waals surface area contributed by atoms with Crippen molar-refractivity contribution in [3.05, 3.63) is 101 Å². The van der Waals surface area contributed by atoms with E-state index in [1.807, 2.05) is 35.1 Å². The molecule has 4 aromatic rings. The van der Waals surface area contributed by atoms with Crippen molar-refractivity contribution in [2.45, 2.75) is 32.8 Å². The minimum atomic E-state index is -0.562. The first-order chi connectivity index (χ1) is 14.9. The van der Waals surface area contributed by atoms with E-state index in [4.69, 9.17) is 0 Å². The summed E-state index contributed by atoms with van der Waals surface area (Å²) in [7, 11) is 0. The number of hydrogen-bond acceptors (Lipinski definition) is 2. The summed E-state index contributed by atoms with van der Waals surface area (Å²) >= 11 is 0. The number of allylic oxidation sites excluding steroid dienone is 1. The van der Waals surface area contributed by atoms with Gasteiger partial charge in [0.25, 0.3) is 0 Å². The normalized spacial score (nSPS) is 19.2. The summed E-state index contributed by atoms with van der Waals surface area (Å²) in [4.78, 5) is 0. The van der Waals surface area contributed by atoms with Crippen LogP contribution in [0.3, 0.4) is 0 Å². The molecule has 156 valence electrons. The predicted octanol–water partition coefficient (Wildman–Crippen LogP) is 6.25. The van der Waals surface area contributed by atoms with E-state index in [-0.39, 0.29) is 11.2 Å². The Hall–Kier alpha value is -3.24. The summed E-state index contributed by atoms with van der Waals surface area (Å²) < 4.78 is 15.2. The third kappa shape index (κ3) is 3.47. The van der Waals surface area contributed by atoms with Crippen LogP contribution >= 0.6 is 0 Å². The molecule has 1 unspecified atom stereocenters. The number of fused-ring (bicyclic) bond motifs is 2. The van der Waals surface area contributed by atoms with Gasteiger partial charge >= 0.3 is 0 Å². The van der Waals surface area contributed by atoms with E-state index in [2.05, 4.69) is 43.2 Å². The molecule has 1 N–H and O–H groups in total. The van der Waals surface area contributed by atoms with Gasteiger partial charge in [-0.3, -0.25) is 0 Å². The smallest absolute Gasteiger partial charge is 0.123 e. The summed E-state index contributed by atoms with van der Waals surface area (Å²) in [5.74, 6) is -0.258. The summed E-state index contributed by atoms with van der Waals surface area (Å²) in [6, 6.07) is 20.7. The molecule has 1 aromatic heterocycles. The lowest BCUT2D eigenvalue weighted by Gasteiger charge is -2.36. The molecule has 0 aliphatic heterocycles. The van der Waals surface area contributed by atoms with Crippen molar-refractivity contribution in [2.75, 3.05) is 0 Å². The molecule has 0 amide bonds. The molecule has 4 heteroatoms. The van der Waals surface area contributed by atoms with Crippen LogP contribution in [0.5, 0.6) is 0 Å². The monoisotopic (exact) mass is 412 g/mol. The van der Waals surface area contributed by atoms with Gasteiger partial charge in [0.1, 0.15) is 5.82 Å². The molecule has 1 heterocycles. The molecule has 1 aliphatic rings. The molecule has 3 nitrogen and oxygen atoms in total. The van der Waals surface area contributed by atoms with Crippen molar-refractivity contribution in [1.29, 1.82) is 0 Å². The largest absolute Gasteiger partial charge is 0.388 e. The van der Waals surface area contributed by atoms with Gasteiger partial charge in [0.05, 0.1) is 23.7 Å². The van der Waals surface area contributed by atoms with Gasteiger partial charge in [0.15, 0.2) is 0 Å². The van der Waals surface area contributed by atoms with E-state index in [9.17, 15) is 9.50 Å². The van der Waals surface area contributed by atoms with Gasteiger partial charge in [0, 0.05) is 0 Å². The maximum absolute atomic E-state index is 13.3. The highest BCUT2D eigenvalue weighted by atomic mass is 19.1. The third-order valence-corrected chi connectivity index (χ3v) is 6.67. The fourth-order valence-corrected chi connectivity index (χ4v) is 4.72. The third-order valence-electron chi connectivity index (χ3n) is 6.67. The lowest BCUT2D eigenvalue weighted by atomic mass is 9.70. The van der Waals surface area contributed by atoms with E-state index in [1.54, 1.807) is 12.1 Å². The standard InChI is InChI=1S/C27H25FN2O/c1-18-14-25-20(17-29-30(25)22-12-10-21(28)11-13-22)15-27(18,2)16-26(31)24-9-5-7-19-6-3-4-8-23(19)24/h3-14,17,26,31H,15-16H2,1-2H3/t26?,27-/m0/s1. The van der Waals surface area contributed by atoms with Crippen molar-refractivity contribution < 1.29 is 9.50 Å². The van der Waals surface area contributed by atoms with E-state index in [1.165, 1.54) is 17.7 Å². The highest BCUT2D eigenvalue weighted by Gasteiger charge is 2.35. The minimum absolute atomic E-state index is 0.181. The number of benzene rings is 3. The molecular weight excluding hydrogens is 387 g/mol. The van der Waals surface area contributed by atoms with Crippen LogP contribution < -0.4 is 0 Å². The lowest BCUT2D eigenvalue weighted by molar-refractivity contribution is 0.122. The van der Waals surface area contributed by atoms with Crippen LogP contribution in [-0.2, 0) is 6.42 Å². The van der Waals surface area contributed by atoms with E-state index >= 15 is 0 Å². The van der Waals surface area contributed by atoms with Gasteiger partial charge in [0.2, 0.25) is 0 Å². The van der Waals surface area contributed by atoms with Gasteiger partial charge < -0.3 is 5.11 Å². The highest BCUT2D eigenvalue weighted by Crippen LogP contribution is 2.45. The Kier molecular flexibility index (Phi) is 4.75. The van der Waals surface area contributed by atoms with E-state index < -0.39 is 6.10 Å². The maximum atomic E-state index is 13.3. The highest BCUT2D eigenvalue weighted by molar-refractivity contribution is 5.86. The van der Waals surface area contributed by atoms with Crippen molar-refractivity contribution in [3.8, 4) is 5.69 Å². The van der Waals surface area contributed by atoms with Crippen molar-refractivity contribution in [3.63, 3.8) is 0 Å². The second kappa shape index (κ2) is 7.47. The number of nitrogens with zero attached hydrogens (tertiary/aromatic N) is 2. The van der Waals surface area contributed by atoms with Crippen molar-refractivity contribution in [2.24, 2.45) is 5.41 Å². The number of hydrogen-bond donors (Lipinski definition) is 1. The Labute approximate surface area is 181 Å². The zero-order valence-corrected chi connectivity index (χ0v) is 17.7. The average Bonchev–Trinajstić information content (AvgIpc) is 3.16. The number of aromatic nitrogens is 2. The average molecular weight is 413 g/mol. The predicted molar refractivity (Wildman–Crippen MR) is 123 cm³/mol. The summed E-state index contributed by atoms with van der Waals surface area (Å²) in [6.45, 7) is 4.34. The van der Waals surface area contributed by atoms with Crippen LogP contribution in [0.15, 0.2) is 78.5 Å². The molecule has 3 aromatic carbocycles. The summed E-state index contributed by atoms with van der Waals surface area (Å²) in [6.07, 6.45) is 4.92. The first-order valence-electron chi connectivity index (χ1n) is 10.6. The molecule has 1 aliphatic carbocycles. The Morgan fingerprint density at radius 2 is 1.81 bits per heavy atom. The molecule has 0 spiro atoms. The number of rotatable bonds is 4. The van der Waals surface area contributed by atoms with Crippen LogP contribution in [-0.4, -0.2) is 14.9 Å². The Morgan fingerprint density at radius 3 is 2.61 bits per heavy atom. The summed E-state index contributed by atoms with van der Waals surface area (Å²) in [5, 5.41) is 18.0. The van der Waals surface area contributed by atoms with Crippen LogP contribution in [0.2, 0.25) is 0 Å². The minimum Gasteiger partial charge on any atom is -0.388 e. The molecule has 5 rings (SSSR count). The van der Waals surface area contributed by atoms with Crippen molar-refractivity contribution in [1.82, 2.24) is 9.78 Å². The van der Waals surface area contributed by atoms with Gasteiger partial charge in [-0.2, -0.15) is 5.10 Å². The fraction of sp³-hybridized carbons (Fsp3) is 0.222. The van der Waals surface area contributed by atoms with Gasteiger partial charge in [-0.05, 0) is 77.4 Å². The molecule has 2 atom stereocenters. The Balaban J connectivity index is 1.46. The first kappa shape index (κ1) is 19.7. The SMILES string of the molecule is CC1=Cc2c(cnn2-c2ccc(F)cc2)C[C@@]1(C)CC(O)c1cccc2ccccc12. The number of aliphatic hydroxyl groups excluding tert-OH is 1. The molecule has 0 bridgehead atoms. The second-order valence-electron chi connectivity index (χ2n) is 8.80. The van der Waals surface area contributed by atoms with Crippen LogP contribution in [0, 0.1) is 11.2 Å². The van der Waals surface area contributed by atoms with Crippen LogP contribution in [0.25, 0.3) is 22.5 Å². The Bertz CT molecular complexity index is 1280. The topological polar surface area (TPSA) is 38.0 Å². The number of halogens is 1. The van der Waals surface area contributed by atoms with Crippen LogP contribution in [0.1, 0.15) is 43.2 Å². The molecular formula is C27H25FN2O. The summed E-state index contributed by atoms with van der Waals surface area (Å²) in [5.41, 5.74) is 5.01. The molecule has 0 fully saturated rings. The quantitative estimate of drug-likeness (QED) is 0.430. The fourth-order valence-electron chi connectivity index (χ4n) is 4.72. The molecule has 0 radical (unpaired) electrons. The van der Waals surface area contributed by atoms with E-state index in [0.29, 0.717) is 6.42 Å². The van der Waals surface area contributed by atoms with Gasteiger partial charge in [-0.25, -0.2) is 9.07 Å². The molecule has 0 saturated carbocycles. The molecule has 31 heavy (non-hydrogen) atoms. The number of aliphatic hydroxyl groups is 1. The maximum Gasteiger partial charge on any atom is 0.123 e. The Morgan fingerprint density at radius 1 is 1.06 bits per heavy atom. The van der Waals surface area contributed by atoms with Crippen molar-refractivity contribution >= 4 is 16.8 Å². The van der Waals surface area contributed by atoms with Crippen LogP contribution in [0.4, 0.5) is 4.39 Å². The van der Waals surface area contributed by atoms with Gasteiger partial charge in [-0.15, -0.1) is 0 Å². The first-order valence-corrected chi connectivity index (χ1v) is 10.6. The lowest BCUT2D eigenvalue weighted by Crippen LogP contribution is -2.27. The molecule has 0 saturated heterocycles. The van der Waals surface area contributed by atoms with Gasteiger partial charge in [-0.1, -0.05) is 55.0 Å². The second-order valence-corrected chi connectivity index (χ2v) is 8.80. The zero-order valence-electron chi connectivity index (χ0n) is 17.7. The van der Waals surface area contributed by atoms with E-state index in [0.717, 1.165) is 39.7 Å². The zero-order chi connectivity index (χ0) is 21.6.